The number of rotatable bonds is 0. The Bertz CT molecular complexity index is 601. The molecule has 1 aromatic carbocycles. The molecule has 96 valence electrons. The SMILES string of the molecule is O=C(O)C(F)(F)F.O=c1ccc2ccccc2o1. The average molecular weight is 260 g/mol. The zero-order valence-corrected chi connectivity index (χ0v) is 8.77. The van der Waals surface area contributed by atoms with Crippen LogP contribution in [-0.2, 0) is 4.79 Å². The highest BCUT2D eigenvalue weighted by Crippen LogP contribution is 2.13. The fraction of sp³-hybridized carbons (Fsp3) is 0.0909. The first-order valence-electron chi connectivity index (χ1n) is 4.60. The van der Waals surface area contributed by atoms with Crippen LogP contribution in [0.3, 0.4) is 0 Å². The van der Waals surface area contributed by atoms with E-state index in [1.807, 2.05) is 18.2 Å². The number of hydrogen-bond donors (Lipinski definition) is 1. The third-order valence-corrected chi connectivity index (χ3v) is 1.77. The van der Waals surface area contributed by atoms with E-state index in [2.05, 4.69) is 0 Å². The molecule has 0 radical (unpaired) electrons. The molecule has 0 amide bonds. The molecule has 0 bridgehead atoms. The van der Waals surface area contributed by atoms with Crippen molar-refractivity contribution >= 4 is 16.9 Å². The first-order valence-corrected chi connectivity index (χ1v) is 4.60. The van der Waals surface area contributed by atoms with Gasteiger partial charge in [-0.25, -0.2) is 9.59 Å². The van der Waals surface area contributed by atoms with E-state index in [0.717, 1.165) is 5.39 Å². The smallest absolute Gasteiger partial charge is 0.475 e. The highest BCUT2D eigenvalue weighted by Gasteiger charge is 2.38. The van der Waals surface area contributed by atoms with Gasteiger partial charge in [-0.3, -0.25) is 0 Å². The molecule has 4 nitrogen and oxygen atoms in total. The van der Waals surface area contributed by atoms with Gasteiger partial charge in [-0.2, -0.15) is 13.2 Å². The molecule has 7 heteroatoms. The quantitative estimate of drug-likeness (QED) is 0.738. The lowest BCUT2D eigenvalue weighted by atomic mass is 10.2. The van der Waals surface area contributed by atoms with Crippen molar-refractivity contribution in [3.05, 3.63) is 46.8 Å². The summed E-state index contributed by atoms with van der Waals surface area (Å²) in [6.45, 7) is 0. The Balaban J connectivity index is 0.000000203. The van der Waals surface area contributed by atoms with E-state index in [1.54, 1.807) is 12.1 Å². The summed E-state index contributed by atoms with van der Waals surface area (Å²) in [5, 5.41) is 8.08. The second-order valence-corrected chi connectivity index (χ2v) is 3.10. The highest BCUT2D eigenvalue weighted by atomic mass is 19.4. The Morgan fingerprint density at radius 1 is 1.11 bits per heavy atom. The van der Waals surface area contributed by atoms with E-state index >= 15 is 0 Å². The van der Waals surface area contributed by atoms with Gasteiger partial charge in [0.05, 0.1) is 0 Å². The minimum Gasteiger partial charge on any atom is -0.475 e. The van der Waals surface area contributed by atoms with E-state index in [0.29, 0.717) is 5.58 Å². The van der Waals surface area contributed by atoms with Crippen molar-refractivity contribution in [3.63, 3.8) is 0 Å². The molecule has 0 fully saturated rings. The molecule has 0 atom stereocenters. The molecule has 18 heavy (non-hydrogen) atoms. The van der Waals surface area contributed by atoms with Crippen LogP contribution in [0.5, 0.6) is 0 Å². The van der Waals surface area contributed by atoms with Crippen molar-refractivity contribution in [3.8, 4) is 0 Å². The van der Waals surface area contributed by atoms with Crippen LogP contribution in [0.25, 0.3) is 11.0 Å². The summed E-state index contributed by atoms with van der Waals surface area (Å²) in [6.07, 6.45) is -5.08. The summed E-state index contributed by atoms with van der Waals surface area (Å²) in [4.78, 5) is 19.6. The lowest BCUT2D eigenvalue weighted by Crippen LogP contribution is -2.21. The fourth-order valence-corrected chi connectivity index (χ4v) is 1.01. The lowest BCUT2D eigenvalue weighted by molar-refractivity contribution is -0.192. The number of carboxylic acid groups (broad SMARTS) is 1. The molecule has 0 aliphatic carbocycles. The highest BCUT2D eigenvalue weighted by molar-refractivity contribution is 5.75. The maximum absolute atomic E-state index is 10.7. The molecule has 1 aromatic heterocycles. The van der Waals surface area contributed by atoms with Crippen molar-refractivity contribution < 1.29 is 27.5 Å². The molecule has 0 saturated carbocycles. The zero-order valence-electron chi connectivity index (χ0n) is 8.77. The molecular weight excluding hydrogens is 253 g/mol. The lowest BCUT2D eigenvalue weighted by Gasteiger charge is -1.93. The molecule has 2 aromatic rings. The molecule has 0 saturated heterocycles. The van der Waals surface area contributed by atoms with Crippen molar-refractivity contribution in [1.29, 1.82) is 0 Å². The van der Waals surface area contributed by atoms with Crippen LogP contribution in [0.2, 0.25) is 0 Å². The largest absolute Gasteiger partial charge is 0.490 e. The number of fused-ring (bicyclic) bond motifs is 1. The number of carboxylic acids is 1. The standard InChI is InChI=1S/C9H6O2.C2HF3O2/c10-9-6-5-7-3-1-2-4-8(7)11-9;3-2(4,5)1(6)7/h1-6H;(H,6,7). The molecule has 1 N–H and O–H groups in total. The number of carbonyl (C=O) groups is 1. The Hall–Kier alpha value is -2.31. The number of halogens is 3. The topological polar surface area (TPSA) is 67.5 Å². The molecule has 2 rings (SSSR count). The predicted molar refractivity (Wildman–Crippen MR) is 56.2 cm³/mol. The van der Waals surface area contributed by atoms with E-state index in [1.165, 1.54) is 6.07 Å². The summed E-state index contributed by atoms with van der Waals surface area (Å²) in [5.74, 6) is -2.76. The van der Waals surface area contributed by atoms with Crippen LogP contribution in [0.4, 0.5) is 13.2 Å². The van der Waals surface area contributed by atoms with Crippen LogP contribution in [0.1, 0.15) is 0 Å². The van der Waals surface area contributed by atoms with Gasteiger partial charge in [0.25, 0.3) is 0 Å². The maximum atomic E-state index is 10.7. The van der Waals surface area contributed by atoms with Gasteiger partial charge < -0.3 is 9.52 Å². The summed E-state index contributed by atoms with van der Waals surface area (Å²) in [6, 6.07) is 10.6. The van der Waals surface area contributed by atoms with Gasteiger partial charge in [0.15, 0.2) is 0 Å². The minimum absolute atomic E-state index is 0.302. The number of para-hydroxylation sites is 1. The van der Waals surface area contributed by atoms with Crippen LogP contribution in [-0.4, -0.2) is 17.3 Å². The Kier molecular flexibility index (Phi) is 4.09. The van der Waals surface area contributed by atoms with Crippen molar-refractivity contribution in [1.82, 2.24) is 0 Å². The summed E-state index contributed by atoms with van der Waals surface area (Å²) in [5.41, 5.74) is 0.337. The first kappa shape index (κ1) is 13.8. The van der Waals surface area contributed by atoms with Crippen LogP contribution in [0, 0.1) is 0 Å². The molecular formula is C11H7F3O4. The van der Waals surface area contributed by atoms with Crippen molar-refractivity contribution in [2.75, 3.05) is 0 Å². The maximum Gasteiger partial charge on any atom is 0.490 e. The number of benzene rings is 1. The molecule has 0 aliphatic rings. The van der Waals surface area contributed by atoms with Crippen molar-refractivity contribution in [2.45, 2.75) is 6.18 Å². The monoisotopic (exact) mass is 260 g/mol. The fourth-order valence-electron chi connectivity index (χ4n) is 1.01. The first-order chi connectivity index (χ1) is 8.30. The van der Waals surface area contributed by atoms with Gasteiger partial charge in [-0.05, 0) is 12.1 Å². The van der Waals surface area contributed by atoms with Gasteiger partial charge in [0.1, 0.15) is 5.58 Å². The van der Waals surface area contributed by atoms with Gasteiger partial charge in [-0.15, -0.1) is 0 Å². The number of aliphatic carboxylic acids is 1. The predicted octanol–water partition coefficient (Wildman–Crippen LogP) is 2.43. The number of alkyl halides is 3. The summed E-state index contributed by atoms with van der Waals surface area (Å²) >= 11 is 0. The van der Waals surface area contributed by atoms with Crippen LogP contribution < -0.4 is 5.63 Å². The Morgan fingerprint density at radius 3 is 2.22 bits per heavy atom. The number of hydrogen-bond acceptors (Lipinski definition) is 3. The van der Waals surface area contributed by atoms with E-state index < -0.39 is 12.1 Å². The van der Waals surface area contributed by atoms with Gasteiger partial charge in [0.2, 0.25) is 0 Å². The zero-order chi connectivity index (χ0) is 13.8. The van der Waals surface area contributed by atoms with Gasteiger partial charge in [0, 0.05) is 11.5 Å². The average Bonchev–Trinajstić information content (AvgIpc) is 2.28. The minimum atomic E-state index is -5.08. The van der Waals surface area contributed by atoms with E-state index in [-0.39, 0.29) is 5.63 Å². The molecule has 1 heterocycles. The molecule has 0 unspecified atom stereocenters. The van der Waals surface area contributed by atoms with Crippen molar-refractivity contribution in [2.24, 2.45) is 0 Å². The van der Waals surface area contributed by atoms with E-state index in [4.69, 9.17) is 14.3 Å². The summed E-state index contributed by atoms with van der Waals surface area (Å²) < 4.78 is 36.6. The molecule has 0 spiro atoms. The van der Waals surface area contributed by atoms with Crippen LogP contribution in [0.15, 0.2) is 45.6 Å². The second kappa shape index (κ2) is 5.35. The summed E-state index contributed by atoms with van der Waals surface area (Å²) in [7, 11) is 0. The normalized spacial score (nSPS) is 10.6. The van der Waals surface area contributed by atoms with Gasteiger partial charge >= 0.3 is 17.8 Å². The van der Waals surface area contributed by atoms with Crippen LogP contribution >= 0.6 is 0 Å². The Labute approximate surface area is 98.3 Å². The second-order valence-electron chi connectivity index (χ2n) is 3.10. The Morgan fingerprint density at radius 2 is 1.67 bits per heavy atom. The molecule has 0 aliphatic heterocycles. The van der Waals surface area contributed by atoms with E-state index in [9.17, 15) is 18.0 Å². The van der Waals surface area contributed by atoms with Gasteiger partial charge in [-0.1, -0.05) is 18.2 Å². The third kappa shape index (κ3) is 3.93. The third-order valence-electron chi connectivity index (χ3n) is 1.77.